The lowest BCUT2D eigenvalue weighted by Crippen LogP contribution is -1.98. The molecule has 24 heavy (non-hydrogen) atoms. The monoisotopic (exact) mass is 352 g/mol. The molecule has 0 amide bonds. The second-order valence-corrected chi connectivity index (χ2v) is 8.48. The molecule has 0 saturated heterocycles. The van der Waals surface area contributed by atoms with E-state index in [1.165, 1.54) is 32.2 Å². The van der Waals surface area contributed by atoms with Crippen molar-refractivity contribution in [3.63, 3.8) is 0 Å². The van der Waals surface area contributed by atoms with Gasteiger partial charge >= 0.3 is 0 Å². The van der Waals surface area contributed by atoms with Crippen LogP contribution in [0.15, 0.2) is 41.5 Å². The van der Waals surface area contributed by atoms with Crippen molar-refractivity contribution in [1.29, 1.82) is 0 Å². The van der Waals surface area contributed by atoms with Gasteiger partial charge in [0.05, 0.1) is 4.70 Å². The number of hydrogen-bond donors (Lipinski definition) is 0. The van der Waals surface area contributed by atoms with Crippen molar-refractivity contribution in [2.75, 3.05) is 0 Å². The van der Waals surface area contributed by atoms with E-state index >= 15 is 0 Å². The van der Waals surface area contributed by atoms with Crippen molar-refractivity contribution in [3.8, 4) is 0 Å². The maximum Gasteiger partial charge on any atom is 0.123 e. The zero-order valence-corrected chi connectivity index (χ0v) is 15.7. The Kier molecular flexibility index (Phi) is 4.10. The third-order valence-electron chi connectivity index (χ3n) is 4.62. The molecular formula is C20H20N2S2. The van der Waals surface area contributed by atoms with Gasteiger partial charge in [-0.2, -0.15) is 0 Å². The van der Waals surface area contributed by atoms with Crippen LogP contribution in [-0.4, -0.2) is 9.97 Å². The van der Waals surface area contributed by atoms with Gasteiger partial charge in [0, 0.05) is 24.0 Å². The summed E-state index contributed by atoms with van der Waals surface area (Å²) in [4.78, 5) is 10.1. The van der Waals surface area contributed by atoms with E-state index in [-0.39, 0.29) is 0 Å². The number of thiophene rings is 2. The minimum atomic E-state index is 0.474. The molecule has 0 N–H and O–H groups in total. The summed E-state index contributed by atoms with van der Waals surface area (Å²) < 4.78 is 1.27. The van der Waals surface area contributed by atoms with Crippen LogP contribution in [0, 0.1) is 0 Å². The molecule has 0 aliphatic heterocycles. The van der Waals surface area contributed by atoms with E-state index in [1.807, 2.05) is 12.4 Å². The maximum absolute atomic E-state index is 4.69. The smallest absolute Gasteiger partial charge is 0.123 e. The van der Waals surface area contributed by atoms with Crippen molar-refractivity contribution >= 4 is 43.0 Å². The second kappa shape index (κ2) is 6.26. The van der Waals surface area contributed by atoms with Gasteiger partial charge in [0.25, 0.3) is 0 Å². The van der Waals surface area contributed by atoms with E-state index in [9.17, 15) is 0 Å². The highest BCUT2D eigenvalue weighted by molar-refractivity contribution is 7.17. The molecule has 0 aliphatic carbocycles. The highest BCUT2D eigenvalue weighted by Crippen LogP contribution is 2.34. The third-order valence-corrected chi connectivity index (χ3v) is 6.49. The molecule has 0 bridgehead atoms. The molecule has 1 atom stereocenters. The number of rotatable bonds is 4. The molecule has 0 saturated carbocycles. The van der Waals surface area contributed by atoms with Crippen molar-refractivity contribution in [2.24, 2.45) is 0 Å². The first-order valence-corrected chi connectivity index (χ1v) is 10.1. The normalized spacial score (nSPS) is 13.2. The predicted octanol–water partition coefficient (Wildman–Crippen LogP) is 6.38. The fourth-order valence-electron chi connectivity index (χ4n) is 3.29. The molecule has 4 aromatic rings. The van der Waals surface area contributed by atoms with Crippen LogP contribution in [0.5, 0.6) is 0 Å². The summed E-state index contributed by atoms with van der Waals surface area (Å²) in [5.74, 6) is 1.02. The number of nitrogens with zero attached hydrogens (tertiary/aromatic N) is 2. The Hall–Kier alpha value is -1.78. The first-order chi connectivity index (χ1) is 11.6. The highest BCUT2D eigenvalue weighted by Gasteiger charge is 2.14. The van der Waals surface area contributed by atoms with Gasteiger partial charge in [0.15, 0.2) is 0 Å². The molecule has 4 aromatic heterocycles. The van der Waals surface area contributed by atoms with Gasteiger partial charge in [-0.15, -0.1) is 22.7 Å². The van der Waals surface area contributed by atoms with Gasteiger partial charge in [0.1, 0.15) is 4.83 Å². The van der Waals surface area contributed by atoms with Gasteiger partial charge in [-0.3, -0.25) is 4.98 Å². The Morgan fingerprint density at radius 2 is 1.83 bits per heavy atom. The average Bonchev–Trinajstić information content (AvgIpc) is 3.18. The fraction of sp³-hybridized carbons (Fsp3) is 0.300. The predicted molar refractivity (Wildman–Crippen MR) is 105 cm³/mol. The van der Waals surface area contributed by atoms with Gasteiger partial charge in [0.2, 0.25) is 0 Å². The fourth-order valence-corrected chi connectivity index (χ4v) is 5.39. The summed E-state index contributed by atoms with van der Waals surface area (Å²) >= 11 is 3.54. The van der Waals surface area contributed by atoms with Crippen LogP contribution >= 0.6 is 22.7 Å². The van der Waals surface area contributed by atoms with E-state index in [0.29, 0.717) is 11.8 Å². The minimum absolute atomic E-state index is 0.474. The molecule has 122 valence electrons. The first-order valence-electron chi connectivity index (χ1n) is 8.30. The molecule has 4 rings (SSSR count). The minimum Gasteiger partial charge on any atom is -0.263 e. The van der Waals surface area contributed by atoms with E-state index in [1.54, 1.807) is 22.7 Å². The van der Waals surface area contributed by atoms with E-state index in [2.05, 4.69) is 54.8 Å². The Morgan fingerprint density at radius 1 is 1.00 bits per heavy atom. The summed E-state index contributed by atoms with van der Waals surface area (Å²) in [5, 5.41) is 7.22. The second-order valence-electron chi connectivity index (χ2n) is 6.71. The summed E-state index contributed by atoms with van der Waals surface area (Å²) in [6.07, 6.45) is 6.92. The lowest BCUT2D eigenvalue weighted by atomic mass is 9.93. The van der Waals surface area contributed by atoms with Crippen molar-refractivity contribution in [1.82, 2.24) is 9.97 Å². The Labute approximate surface area is 150 Å². The van der Waals surface area contributed by atoms with Crippen molar-refractivity contribution in [3.05, 3.63) is 58.2 Å². The number of hydrogen-bond acceptors (Lipinski definition) is 4. The van der Waals surface area contributed by atoms with Crippen LogP contribution in [0.2, 0.25) is 0 Å². The molecule has 4 heteroatoms. The number of fused-ring (bicyclic) bond motifs is 2. The molecular weight excluding hydrogens is 332 g/mol. The average molecular weight is 353 g/mol. The van der Waals surface area contributed by atoms with Crippen LogP contribution in [0.3, 0.4) is 0 Å². The van der Waals surface area contributed by atoms with Gasteiger partial charge in [-0.05, 0) is 63.2 Å². The Bertz CT molecular complexity index is 997. The van der Waals surface area contributed by atoms with E-state index in [4.69, 9.17) is 4.98 Å². The summed E-state index contributed by atoms with van der Waals surface area (Å²) in [5.41, 5.74) is 4.17. The van der Waals surface area contributed by atoms with Crippen LogP contribution in [0.25, 0.3) is 20.3 Å². The van der Waals surface area contributed by atoms with E-state index in [0.717, 1.165) is 11.3 Å². The standard InChI is InChI=1S/C20H20N2S2/c1-12(2)17-10-24-20-16(17)7-14(8-22-20)6-13(3)18-11-23-19-9-21-5-4-15(18)19/h4-5,7-13H,6H2,1-3H3. The number of pyridine rings is 2. The molecule has 1 unspecified atom stereocenters. The quantitative estimate of drug-likeness (QED) is 0.426. The highest BCUT2D eigenvalue weighted by atomic mass is 32.1. The topological polar surface area (TPSA) is 25.8 Å². The summed E-state index contributed by atoms with van der Waals surface area (Å²) in [6, 6.07) is 4.48. The lowest BCUT2D eigenvalue weighted by Gasteiger charge is -2.11. The van der Waals surface area contributed by atoms with Crippen LogP contribution in [0.1, 0.15) is 49.3 Å². The lowest BCUT2D eigenvalue weighted by molar-refractivity contribution is 0.766. The zero-order valence-electron chi connectivity index (χ0n) is 14.1. The Morgan fingerprint density at radius 3 is 2.67 bits per heavy atom. The maximum atomic E-state index is 4.69. The van der Waals surface area contributed by atoms with Crippen LogP contribution in [-0.2, 0) is 6.42 Å². The molecule has 0 fully saturated rings. The van der Waals surface area contributed by atoms with Crippen LogP contribution < -0.4 is 0 Å². The molecule has 0 spiro atoms. The van der Waals surface area contributed by atoms with Crippen molar-refractivity contribution in [2.45, 2.75) is 39.0 Å². The molecule has 0 aliphatic rings. The van der Waals surface area contributed by atoms with Crippen molar-refractivity contribution < 1.29 is 0 Å². The SMILES string of the molecule is CC(C)c1csc2ncc(CC(C)c3csc4cnccc34)cc12. The van der Waals surface area contributed by atoms with Gasteiger partial charge in [-0.25, -0.2) is 4.98 Å². The summed E-state index contributed by atoms with van der Waals surface area (Å²) in [6.45, 7) is 6.81. The van der Waals surface area contributed by atoms with Gasteiger partial charge in [-0.1, -0.05) is 20.8 Å². The number of aromatic nitrogens is 2. The third kappa shape index (κ3) is 2.74. The molecule has 2 nitrogen and oxygen atoms in total. The van der Waals surface area contributed by atoms with Crippen LogP contribution in [0.4, 0.5) is 0 Å². The first kappa shape index (κ1) is 15.7. The van der Waals surface area contributed by atoms with E-state index < -0.39 is 0 Å². The molecule has 0 radical (unpaired) electrons. The van der Waals surface area contributed by atoms with Gasteiger partial charge < -0.3 is 0 Å². The largest absolute Gasteiger partial charge is 0.263 e. The zero-order chi connectivity index (χ0) is 16.7. The Balaban J connectivity index is 1.67. The molecule has 4 heterocycles. The summed E-state index contributed by atoms with van der Waals surface area (Å²) in [7, 11) is 0. The molecule has 0 aromatic carbocycles.